The van der Waals surface area contributed by atoms with Crippen LogP contribution in [-0.4, -0.2) is 26.3 Å². The number of piperidine rings is 1. The molecule has 1 N–H and O–H groups in total. The van der Waals surface area contributed by atoms with Gasteiger partial charge in [0.2, 0.25) is 0 Å². The van der Waals surface area contributed by atoms with E-state index in [0.29, 0.717) is 5.92 Å². The first-order valence-corrected chi connectivity index (χ1v) is 8.27. The van der Waals surface area contributed by atoms with Gasteiger partial charge in [0.15, 0.2) is 0 Å². The van der Waals surface area contributed by atoms with E-state index in [1.165, 1.54) is 30.5 Å². The highest BCUT2D eigenvalue weighted by Gasteiger charge is 2.19. The SMILES string of the molecule is Clc1cc(CC2CCCNC2)ccc1C1CCOCC1. The van der Waals surface area contributed by atoms with Gasteiger partial charge in [-0.2, -0.15) is 0 Å². The van der Waals surface area contributed by atoms with Crippen molar-refractivity contribution < 1.29 is 4.74 Å². The lowest BCUT2D eigenvalue weighted by Gasteiger charge is -2.25. The average Bonchev–Trinajstić information content (AvgIpc) is 2.49. The van der Waals surface area contributed by atoms with Crippen LogP contribution in [0.5, 0.6) is 0 Å². The fourth-order valence-electron chi connectivity index (χ4n) is 3.47. The monoisotopic (exact) mass is 293 g/mol. The summed E-state index contributed by atoms with van der Waals surface area (Å²) in [5, 5.41) is 4.44. The van der Waals surface area contributed by atoms with E-state index in [0.717, 1.165) is 50.0 Å². The highest BCUT2D eigenvalue weighted by atomic mass is 35.5. The molecule has 2 heterocycles. The fourth-order valence-corrected chi connectivity index (χ4v) is 3.83. The molecule has 0 aromatic heterocycles. The summed E-state index contributed by atoms with van der Waals surface area (Å²) >= 11 is 6.52. The van der Waals surface area contributed by atoms with Gasteiger partial charge in [0.25, 0.3) is 0 Å². The Kier molecular flexibility index (Phi) is 4.98. The molecule has 2 aliphatic heterocycles. The Balaban J connectivity index is 1.66. The lowest BCUT2D eigenvalue weighted by molar-refractivity contribution is 0.0853. The van der Waals surface area contributed by atoms with Crippen molar-refractivity contribution in [2.45, 2.75) is 38.0 Å². The minimum atomic E-state index is 0.585. The maximum Gasteiger partial charge on any atom is 0.0471 e. The van der Waals surface area contributed by atoms with Gasteiger partial charge in [0, 0.05) is 18.2 Å². The predicted molar refractivity (Wildman–Crippen MR) is 83.5 cm³/mol. The largest absolute Gasteiger partial charge is 0.381 e. The molecule has 1 aromatic carbocycles. The van der Waals surface area contributed by atoms with E-state index in [9.17, 15) is 0 Å². The summed E-state index contributed by atoms with van der Waals surface area (Å²) < 4.78 is 5.44. The van der Waals surface area contributed by atoms with Crippen LogP contribution in [0, 0.1) is 5.92 Å². The van der Waals surface area contributed by atoms with Gasteiger partial charge in [-0.1, -0.05) is 23.7 Å². The topological polar surface area (TPSA) is 21.3 Å². The first-order chi connectivity index (χ1) is 9.83. The molecule has 3 heteroatoms. The molecule has 2 nitrogen and oxygen atoms in total. The Morgan fingerprint density at radius 3 is 2.75 bits per heavy atom. The molecule has 1 aromatic rings. The molecular formula is C17H24ClNO. The normalized spacial score (nSPS) is 24.8. The van der Waals surface area contributed by atoms with E-state index >= 15 is 0 Å². The highest BCUT2D eigenvalue weighted by molar-refractivity contribution is 6.31. The van der Waals surface area contributed by atoms with Crippen LogP contribution in [0.2, 0.25) is 5.02 Å². The molecule has 2 fully saturated rings. The molecule has 2 aliphatic rings. The molecule has 0 bridgehead atoms. The van der Waals surface area contributed by atoms with Gasteiger partial charge in [0.1, 0.15) is 0 Å². The zero-order valence-electron chi connectivity index (χ0n) is 12.0. The molecule has 0 spiro atoms. The molecule has 0 amide bonds. The van der Waals surface area contributed by atoms with Crippen molar-refractivity contribution in [1.82, 2.24) is 5.32 Å². The molecule has 110 valence electrons. The molecule has 1 unspecified atom stereocenters. The van der Waals surface area contributed by atoms with Crippen LogP contribution >= 0.6 is 11.6 Å². The Bertz CT molecular complexity index is 437. The lowest BCUT2D eigenvalue weighted by Crippen LogP contribution is -2.30. The van der Waals surface area contributed by atoms with Crippen molar-refractivity contribution in [2.24, 2.45) is 5.92 Å². The lowest BCUT2D eigenvalue weighted by atomic mass is 9.88. The van der Waals surface area contributed by atoms with Crippen LogP contribution < -0.4 is 5.32 Å². The van der Waals surface area contributed by atoms with Crippen LogP contribution in [0.15, 0.2) is 18.2 Å². The van der Waals surface area contributed by atoms with E-state index in [1.807, 2.05) is 0 Å². The van der Waals surface area contributed by atoms with Crippen molar-refractivity contribution in [3.8, 4) is 0 Å². The summed E-state index contributed by atoms with van der Waals surface area (Å²) in [7, 11) is 0. The first-order valence-electron chi connectivity index (χ1n) is 7.89. The predicted octanol–water partition coefficient (Wildman–Crippen LogP) is 3.78. The number of nitrogens with one attached hydrogen (secondary N) is 1. The third-order valence-corrected chi connectivity index (χ3v) is 4.98. The molecule has 0 aliphatic carbocycles. The van der Waals surface area contributed by atoms with Crippen molar-refractivity contribution in [2.75, 3.05) is 26.3 Å². The number of rotatable bonds is 3. The number of hydrogen-bond donors (Lipinski definition) is 1. The van der Waals surface area contributed by atoms with E-state index in [4.69, 9.17) is 16.3 Å². The summed E-state index contributed by atoms with van der Waals surface area (Å²) in [5.74, 6) is 1.36. The number of benzene rings is 1. The summed E-state index contributed by atoms with van der Waals surface area (Å²) in [5.41, 5.74) is 2.71. The molecule has 2 saturated heterocycles. The molecule has 1 atom stereocenters. The van der Waals surface area contributed by atoms with Crippen LogP contribution in [-0.2, 0) is 11.2 Å². The summed E-state index contributed by atoms with van der Waals surface area (Å²) in [4.78, 5) is 0. The third kappa shape index (κ3) is 3.55. The maximum atomic E-state index is 6.52. The number of ether oxygens (including phenoxy) is 1. The van der Waals surface area contributed by atoms with E-state index in [-0.39, 0.29) is 0 Å². The number of hydrogen-bond acceptors (Lipinski definition) is 2. The van der Waals surface area contributed by atoms with Gasteiger partial charge >= 0.3 is 0 Å². The van der Waals surface area contributed by atoms with Crippen molar-refractivity contribution >= 4 is 11.6 Å². The van der Waals surface area contributed by atoms with Crippen LogP contribution in [0.25, 0.3) is 0 Å². The summed E-state index contributed by atoms with van der Waals surface area (Å²) in [6.07, 6.45) is 6.00. The zero-order valence-corrected chi connectivity index (χ0v) is 12.8. The minimum Gasteiger partial charge on any atom is -0.381 e. The molecule has 20 heavy (non-hydrogen) atoms. The third-order valence-electron chi connectivity index (χ3n) is 4.65. The van der Waals surface area contributed by atoms with Crippen molar-refractivity contribution in [3.05, 3.63) is 34.3 Å². The molecular weight excluding hydrogens is 270 g/mol. The van der Waals surface area contributed by atoms with Crippen molar-refractivity contribution in [3.63, 3.8) is 0 Å². The van der Waals surface area contributed by atoms with E-state index < -0.39 is 0 Å². The van der Waals surface area contributed by atoms with E-state index in [2.05, 4.69) is 23.5 Å². The Labute approximate surface area is 126 Å². The average molecular weight is 294 g/mol. The molecule has 0 radical (unpaired) electrons. The zero-order chi connectivity index (χ0) is 13.8. The van der Waals surface area contributed by atoms with Gasteiger partial charge in [0.05, 0.1) is 0 Å². The smallest absolute Gasteiger partial charge is 0.0471 e. The Morgan fingerprint density at radius 1 is 1.20 bits per heavy atom. The molecule has 3 rings (SSSR count). The van der Waals surface area contributed by atoms with Gasteiger partial charge in [-0.05, 0) is 74.2 Å². The highest BCUT2D eigenvalue weighted by Crippen LogP contribution is 2.33. The van der Waals surface area contributed by atoms with Gasteiger partial charge in [-0.3, -0.25) is 0 Å². The summed E-state index contributed by atoms with van der Waals surface area (Å²) in [6, 6.07) is 6.73. The van der Waals surface area contributed by atoms with Crippen LogP contribution in [0.3, 0.4) is 0 Å². The first kappa shape index (κ1) is 14.4. The quantitative estimate of drug-likeness (QED) is 0.916. The fraction of sp³-hybridized carbons (Fsp3) is 0.647. The van der Waals surface area contributed by atoms with Gasteiger partial charge in [-0.15, -0.1) is 0 Å². The Hall–Kier alpha value is -0.570. The second kappa shape index (κ2) is 6.93. The Morgan fingerprint density at radius 2 is 2.05 bits per heavy atom. The molecule has 0 saturated carbocycles. The maximum absolute atomic E-state index is 6.52. The van der Waals surface area contributed by atoms with Gasteiger partial charge < -0.3 is 10.1 Å². The van der Waals surface area contributed by atoms with Crippen LogP contribution in [0.4, 0.5) is 0 Å². The second-order valence-corrected chi connectivity index (χ2v) is 6.57. The minimum absolute atomic E-state index is 0.585. The van der Waals surface area contributed by atoms with Crippen molar-refractivity contribution in [1.29, 1.82) is 0 Å². The number of halogens is 1. The van der Waals surface area contributed by atoms with Crippen LogP contribution in [0.1, 0.15) is 42.7 Å². The standard InChI is InChI=1S/C17H24ClNO/c18-17-11-13(10-14-2-1-7-19-12-14)3-4-16(17)15-5-8-20-9-6-15/h3-4,11,14-15,19H,1-2,5-10,12H2. The van der Waals surface area contributed by atoms with Gasteiger partial charge in [-0.25, -0.2) is 0 Å². The second-order valence-electron chi connectivity index (χ2n) is 6.16. The van der Waals surface area contributed by atoms with E-state index in [1.54, 1.807) is 0 Å². The summed E-state index contributed by atoms with van der Waals surface area (Å²) in [6.45, 7) is 4.08.